The lowest BCUT2D eigenvalue weighted by molar-refractivity contribution is -0.385. The summed E-state index contributed by atoms with van der Waals surface area (Å²) in [4.78, 5) is 18.3. The molecule has 0 spiro atoms. The van der Waals surface area contributed by atoms with Crippen LogP contribution in [0, 0.1) is 24.0 Å². The second-order valence-corrected chi connectivity index (χ2v) is 4.79. The quantitative estimate of drug-likeness (QED) is 0.637. The van der Waals surface area contributed by atoms with E-state index in [4.69, 9.17) is 4.74 Å². The number of benzene rings is 1. The summed E-state index contributed by atoms with van der Waals surface area (Å²) in [6, 6.07) is 3.11. The second-order valence-electron chi connectivity index (χ2n) is 3.94. The molecule has 0 aliphatic carbocycles. The van der Waals surface area contributed by atoms with E-state index in [0.717, 1.165) is 5.56 Å². The Hall–Kier alpha value is -2.02. The van der Waals surface area contributed by atoms with Crippen LogP contribution in [-0.2, 0) is 0 Å². The molecule has 0 atom stereocenters. The molecule has 0 amide bonds. The Morgan fingerprint density at radius 2 is 2.05 bits per heavy atom. The Labute approximate surface area is 117 Å². The van der Waals surface area contributed by atoms with Crippen molar-refractivity contribution in [2.45, 2.75) is 13.8 Å². The van der Waals surface area contributed by atoms with Gasteiger partial charge in [0, 0.05) is 11.8 Å². The third-order valence-electron chi connectivity index (χ3n) is 2.53. The monoisotopic (exact) mass is 323 g/mol. The molecular formula is C12H10BrN3O3. The SMILES string of the molecule is Cc1cc(C)c([N+](=O)[O-])cc1Oc1ncncc1Br. The van der Waals surface area contributed by atoms with Gasteiger partial charge in [-0.25, -0.2) is 9.97 Å². The standard InChI is InChI=1S/C12H10BrN3O3/c1-7-3-8(2)11(4-10(7)16(17)18)19-12-9(13)5-14-6-15-12/h3-6H,1-2H3. The summed E-state index contributed by atoms with van der Waals surface area (Å²) in [7, 11) is 0. The molecule has 2 rings (SSSR count). The van der Waals surface area contributed by atoms with E-state index in [-0.39, 0.29) is 5.69 Å². The average Bonchev–Trinajstić information content (AvgIpc) is 2.34. The molecule has 0 aliphatic rings. The summed E-state index contributed by atoms with van der Waals surface area (Å²) in [5, 5.41) is 10.9. The fourth-order valence-corrected chi connectivity index (χ4v) is 1.91. The number of nitrogens with zero attached hydrogens (tertiary/aromatic N) is 3. The molecule has 2 aromatic rings. The lowest BCUT2D eigenvalue weighted by atomic mass is 10.1. The van der Waals surface area contributed by atoms with Crippen molar-refractivity contribution in [1.82, 2.24) is 9.97 Å². The molecule has 98 valence electrons. The summed E-state index contributed by atoms with van der Waals surface area (Å²) in [6.07, 6.45) is 2.89. The molecule has 0 saturated carbocycles. The highest BCUT2D eigenvalue weighted by Gasteiger charge is 2.16. The van der Waals surface area contributed by atoms with Gasteiger partial charge in [0.15, 0.2) is 0 Å². The zero-order chi connectivity index (χ0) is 14.0. The second kappa shape index (κ2) is 5.31. The van der Waals surface area contributed by atoms with Crippen LogP contribution in [0.25, 0.3) is 0 Å². The van der Waals surface area contributed by atoms with Gasteiger partial charge in [-0.15, -0.1) is 0 Å². The highest BCUT2D eigenvalue weighted by Crippen LogP contribution is 2.33. The van der Waals surface area contributed by atoms with Crippen LogP contribution in [0.4, 0.5) is 5.69 Å². The van der Waals surface area contributed by atoms with E-state index in [2.05, 4.69) is 25.9 Å². The number of halogens is 1. The maximum Gasteiger partial charge on any atom is 0.276 e. The van der Waals surface area contributed by atoms with Crippen molar-refractivity contribution in [3.8, 4) is 11.6 Å². The Morgan fingerprint density at radius 1 is 1.32 bits per heavy atom. The maximum absolute atomic E-state index is 10.9. The van der Waals surface area contributed by atoms with Gasteiger partial charge in [0.25, 0.3) is 5.69 Å². The van der Waals surface area contributed by atoms with E-state index in [0.29, 0.717) is 21.7 Å². The van der Waals surface area contributed by atoms with Gasteiger partial charge >= 0.3 is 0 Å². The van der Waals surface area contributed by atoms with E-state index in [1.54, 1.807) is 19.2 Å². The number of ether oxygens (including phenoxy) is 1. The number of hydrogen-bond acceptors (Lipinski definition) is 5. The third-order valence-corrected chi connectivity index (χ3v) is 3.07. The Bertz CT molecular complexity index is 646. The number of aromatic nitrogens is 2. The minimum atomic E-state index is -0.434. The van der Waals surface area contributed by atoms with E-state index in [1.165, 1.54) is 12.4 Å². The minimum Gasteiger partial charge on any atom is -0.437 e. The van der Waals surface area contributed by atoms with Gasteiger partial charge in [-0.3, -0.25) is 10.1 Å². The highest BCUT2D eigenvalue weighted by molar-refractivity contribution is 9.10. The fraction of sp³-hybridized carbons (Fsp3) is 0.167. The molecule has 0 aliphatic heterocycles. The van der Waals surface area contributed by atoms with Gasteiger partial charge in [-0.2, -0.15) is 0 Å². The average molecular weight is 324 g/mol. The number of aryl methyl sites for hydroxylation is 2. The normalized spacial score (nSPS) is 10.3. The van der Waals surface area contributed by atoms with Crippen molar-refractivity contribution in [2.24, 2.45) is 0 Å². The first kappa shape index (κ1) is 13.4. The van der Waals surface area contributed by atoms with Crippen LogP contribution in [0.15, 0.2) is 29.1 Å². The number of nitro groups is 1. The van der Waals surface area contributed by atoms with Crippen LogP contribution in [0.1, 0.15) is 11.1 Å². The number of rotatable bonds is 3. The molecule has 0 bridgehead atoms. The lowest BCUT2D eigenvalue weighted by Crippen LogP contribution is -1.97. The third kappa shape index (κ3) is 2.87. The zero-order valence-electron chi connectivity index (χ0n) is 10.3. The van der Waals surface area contributed by atoms with Crippen molar-refractivity contribution in [3.63, 3.8) is 0 Å². The minimum absolute atomic E-state index is 0.0192. The molecule has 19 heavy (non-hydrogen) atoms. The van der Waals surface area contributed by atoms with Crippen molar-refractivity contribution < 1.29 is 9.66 Å². The van der Waals surface area contributed by atoms with Gasteiger partial charge in [0.1, 0.15) is 12.1 Å². The van der Waals surface area contributed by atoms with Crippen LogP contribution in [0.2, 0.25) is 0 Å². The first-order valence-corrected chi connectivity index (χ1v) is 6.17. The maximum atomic E-state index is 10.9. The predicted molar refractivity (Wildman–Crippen MR) is 72.4 cm³/mol. The largest absolute Gasteiger partial charge is 0.437 e. The van der Waals surface area contributed by atoms with Crippen molar-refractivity contribution in [2.75, 3.05) is 0 Å². The summed E-state index contributed by atoms with van der Waals surface area (Å²) in [6.45, 7) is 3.51. The topological polar surface area (TPSA) is 78.2 Å². The van der Waals surface area contributed by atoms with Crippen LogP contribution >= 0.6 is 15.9 Å². The lowest BCUT2D eigenvalue weighted by Gasteiger charge is -2.09. The molecule has 0 saturated heterocycles. The number of nitro benzene ring substituents is 1. The molecule has 1 aromatic heterocycles. The molecule has 0 fully saturated rings. The van der Waals surface area contributed by atoms with Crippen LogP contribution < -0.4 is 4.74 Å². The smallest absolute Gasteiger partial charge is 0.276 e. The highest BCUT2D eigenvalue weighted by atomic mass is 79.9. The van der Waals surface area contributed by atoms with E-state index in [9.17, 15) is 10.1 Å². The Kier molecular flexibility index (Phi) is 3.75. The summed E-state index contributed by atoms with van der Waals surface area (Å²) >= 11 is 3.26. The Morgan fingerprint density at radius 3 is 2.68 bits per heavy atom. The molecule has 7 heteroatoms. The zero-order valence-corrected chi connectivity index (χ0v) is 11.8. The summed E-state index contributed by atoms with van der Waals surface area (Å²) < 4.78 is 6.16. The van der Waals surface area contributed by atoms with Gasteiger partial charge in [-0.05, 0) is 41.4 Å². The van der Waals surface area contributed by atoms with E-state index >= 15 is 0 Å². The van der Waals surface area contributed by atoms with Crippen LogP contribution in [0.3, 0.4) is 0 Å². The fourth-order valence-electron chi connectivity index (χ4n) is 1.61. The van der Waals surface area contributed by atoms with Gasteiger partial charge in [0.2, 0.25) is 5.88 Å². The van der Waals surface area contributed by atoms with Gasteiger partial charge in [0.05, 0.1) is 15.5 Å². The van der Waals surface area contributed by atoms with Gasteiger partial charge < -0.3 is 4.74 Å². The van der Waals surface area contributed by atoms with Crippen LogP contribution in [-0.4, -0.2) is 14.9 Å². The number of hydrogen-bond donors (Lipinski definition) is 0. The first-order valence-electron chi connectivity index (χ1n) is 5.38. The van der Waals surface area contributed by atoms with Crippen LogP contribution in [0.5, 0.6) is 11.6 Å². The molecule has 6 nitrogen and oxygen atoms in total. The van der Waals surface area contributed by atoms with Crippen molar-refractivity contribution in [3.05, 3.63) is 50.4 Å². The molecule has 1 heterocycles. The molecule has 0 unspecified atom stereocenters. The first-order chi connectivity index (χ1) is 8.99. The molecule has 0 N–H and O–H groups in total. The van der Waals surface area contributed by atoms with Gasteiger partial charge in [-0.1, -0.05) is 0 Å². The summed E-state index contributed by atoms with van der Waals surface area (Å²) in [5.74, 6) is 0.716. The Balaban J connectivity index is 2.43. The predicted octanol–water partition coefficient (Wildman–Crippen LogP) is 3.56. The van der Waals surface area contributed by atoms with E-state index in [1.807, 2.05) is 6.92 Å². The molecule has 1 aromatic carbocycles. The van der Waals surface area contributed by atoms with Crippen molar-refractivity contribution in [1.29, 1.82) is 0 Å². The molecular weight excluding hydrogens is 314 g/mol. The molecule has 0 radical (unpaired) electrons. The summed E-state index contributed by atoms with van der Waals surface area (Å²) in [5.41, 5.74) is 1.41. The van der Waals surface area contributed by atoms with Crippen molar-refractivity contribution >= 4 is 21.6 Å². The van der Waals surface area contributed by atoms with E-state index < -0.39 is 4.92 Å².